The van der Waals surface area contributed by atoms with E-state index in [2.05, 4.69) is 36.1 Å². The van der Waals surface area contributed by atoms with Crippen LogP contribution in [0.4, 0.5) is 5.69 Å². The van der Waals surface area contributed by atoms with Crippen molar-refractivity contribution in [2.75, 3.05) is 31.1 Å². The summed E-state index contributed by atoms with van der Waals surface area (Å²) in [5.41, 5.74) is 8.18. The fraction of sp³-hybridized carbons (Fsp3) is 0.600. The van der Waals surface area contributed by atoms with Crippen LogP contribution in [-0.4, -0.2) is 32.3 Å². The van der Waals surface area contributed by atoms with Gasteiger partial charge in [-0.05, 0) is 43.5 Å². The molecule has 3 heteroatoms. The molecule has 0 aliphatic carbocycles. The van der Waals surface area contributed by atoms with Crippen LogP contribution in [0.5, 0.6) is 0 Å². The SMILES string of the molecule is CCc1ccc(N2CC[C@H](OCCCN)C2)cc1. The first-order chi connectivity index (χ1) is 8.83. The molecule has 1 saturated heterocycles. The van der Waals surface area contributed by atoms with E-state index in [9.17, 15) is 0 Å². The molecule has 1 aromatic rings. The zero-order valence-corrected chi connectivity index (χ0v) is 11.3. The molecule has 2 rings (SSSR count). The molecule has 0 saturated carbocycles. The van der Waals surface area contributed by atoms with E-state index < -0.39 is 0 Å². The molecular formula is C15H24N2O. The molecule has 1 fully saturated rings. The molecule has 100 valence electrons. The van der Waals surface area contributed by atoms with Gasteiger partial charge in [-0.1, -0.05) is 19.1 Å². The second-order valence-electron chi connectivity index (χ2n) is 4.89. The highest BCUT2D eigenvalue weighted by atomic mass is 16.5. The Hall–Kier alpha value is -1.06. The van der Waals surface area contributed by atoms with E-state index in [1.807, 2.05) is 0 Å². The third-order valence-corrected chi connectivity index (χ3v) is 3.56. The van der Waals surface area contributed by atoms with Crippen LogP contribution in [0.3, 0.4) is 0 Å². The molecule has 2 N–H and O–H groups in total. The van der Waals surface area contributed by atoms with Gasteiger partial charge in [-0.25, -0.2) is 0 Å². The molecule has 1 heterocycles. The molecule has 1 aliphatic heterocycles. The summed E-state index contributed by atoms with van der Waals surface area (Å²) in [4.78, 5) is 2.41. The summed E-state index contributed by atoms with van der Waals surface area (Å²) in [6, 6.07) is 8.89. The van der Waals surface area contributed by atoms with Crippen molar-refractivity contribution < 1.29 is 4.74 Å². The Balaban J connectivity index is 1.83. The molecule has 18 heavy (non-hydrogen) atoms. The van der Waals surface area contributed by atoms with Crippen molar-refractivity contribution in [2.24, 2.45) is 5.73 Å². The van der Waals surface area contributed by atoms with E-state index in [1.54, 1.807) is 0 Å². The maximum absolute atomic E-state index is 5.82. The highest BCUT2D eigenvalue weighted by Gasteiger charge is 2.22. The fourth-order valence-corrected chi connectivity index (χ4v) is 2.37. The minimum atomic E-state index is 0.377. The quantitative estimate of drug-likeness (QED) is 0.784. The average Bonchev–Trinajstić information content (AvgIpc) is 2.88. The zero-order chi connectivity index (χ0) is 12.8. The number of rotatable bonds is 6. The van der Waals surface area contributed by atoms with Crippen LogP contribution in [0.25, 0.3) is 0 Å². The summed E-state index contributed by atoms with van der Waals surface area (Å²) >= 11 is 0. The normalized spacial score (nSPS) is 19.4. The Morgan fingerprint density at radius 1 is 1.33 bits per heavy atom. The van der Waals surface area contributed by atoms with Gasteiger partial charge in [0.1, 0.15) is 0 Å². The summed E-state index contributed by atoms with van der Waals surface area (Å²) in [6.45, 7) is 5.81. The smallest absolute Gasteiger partial charge is 0.0766 e. The van der Waals surface area contributed by atoms with Crippen LogP contribution in [0, 0.1) is 0 Å². The standard InChI is InChI=1S/C15H24N2O/c1-2-13-4-6-14(7-5-13)17-10-8-15(12-17)18-11-3-9-16/h4-7,15H,2-3,8-12,16H2,1H3/t15-/m0/s1. The van der Waals surface area contributed by atoms with E-state index in [1.165, 1.54) is 11.3 Å². The van der Waals surface area contributed by atoms with Crippen LogP contribution in [0.1, 0.15) is 25.3 Å². The summed E-state index contributed by atoms with van der Waals surface area (Å²) in [6.07, 6.45) is 3.56. The fourth-order valence-electron chi connectivity index (χ4n) is 2.37. The van der Waals surface area contributed by atoms with Gasteiger partial charge in [0.2, 0.25) is 0 Å². The van der Waals surface area contributed by atoms with Crippen molar-refractivity contribution in [2.45, 2.75) is 32.3 Å². The first-order valence-corrected chi connectivity index (χ1v) is 6.99. The van der Waals surface area contributed by atoms with E-state index in [4.69, 9.17) is 10.5 Å². The lowest BCUT2D eigenvalue weighted by Gasteiger charge is -2.19. The van der Waals surface area contributed by atoms with Crippen molar-refractivity contribution in [1.82, 2.24) is 0 Å². The summed E-state index contributed by atoms with van der Waals surface area (Å²) < 4.78 is 5.82. The minimum Gasteiger partial charge on any atom is -0.376 e. The number of hydrogen-bond acceptors (Lipinski definition) is 3. The molecule has 3 nitrogen and oxygen atoms in total. The van der Waals surface area contributed by atoms with E-state index >= 15 is 0 Å². The number of ether oxygens (including phenoxy) is 1. The number of benzene rings is 1. The van der Waals surface area contributed by atoms with Gasteiger partial charge in [-0.15, -0.1) is 0 Å². The molecule has 0 aromatic heterocycles. The Labute approximate surface area is 110 Å². The van der Waals surface area contributed by atoms with Crippen LogP contribution >= 0.6 is 0 Å². The molecule has 1 aliphatic rings. The molecule has 0 radical (unpaired) electrons. The van der Waals surface area contributed by atoms with Gasteiger partial charge in [0, 0.05) is 25.4 Å². The van der Waals surface area contributed by atoms with Gasteiger partial charge in [0.15, 0.2) is 0 Å². The topological polar surface area (TPSA) is 38.5 Å². The maximum Gasteiger partial charge on any atom is 0.0766 e. The second kappa shape index (κ2) is 6.76. The molecule has 0 spiro atoms. The number of nitrogens with zero attached hydrogens (tertiary/aromatic N) is 1. The molecule has 0 amide bonds. The summed E-state index contributed by atoms with van der Waals surface area (Å²) in [5, 5.41) is 0. The van der Waals surface area contributed by atoms with E-state index in [-0.39, 0.29) is 0 Å². The lowest BCUT2D eigenvalue weighted by Crippen LogP contribution is -2.23. The van der Waals surface area contributed by atoms with Gasteiger partial charge >= 0.3 is 0 Å². The molecule has 0 unspecified atom stereocenters. The number of hydrogen-bond donors (Lipinski definition) is 1. The van der Waals surface area contributed by atoms with Gasteiger partial charge < -0.3 is 15.4 Å². The zero-order valence-electron chi connectivity index (χ0n) is 11.3. The number of aryl methyl sites for hydroxylation is 1. The molecule has 1 aromatic carbocycles. The molecule has 0 bridgehead atoms. The first-order valence-electron chi connectivity index (χ1n) is 6.99. The summed E-state index contributed by atoms with van der Waals surface area (Å²) in [5.74, 6) is 0. The Morgan fingerprint density at radius 2 is 2.11 bits per heavy atom. The lowest BCUT2D eigenvalue weighted by atomic mass is 10.1. The van der Waals surface area contributed by atoms with Gasteiger partial charge in [0.05, 0.1) is 6.10 Å². The summed E-state index contributed by atoms with van der Waals surface area (Å²) in [7, 11) is 0. The van der Waals surface area contributed by atoms with Gasteiger partial charge in [-0.2, -0.15) is 0 Å². The Kier molecular flexibility index (Phi) is 5.02. The van der Waals surface area contributed by atoms with Crippen molar-refractivity contribution in [1.29, 1.82) is 0 Å². The van der Waals surface area contributed by atoms with Crippen LogP contribution in [0.15, 0.2) is 24.3 Å². The third-order valence-electron chi connectivity index (χ3n) is 3.56. The average molecular weight is 248 g/mol. The monoisotopic (exact) mass is 248 g/mol. The van der Waals surface area contributed by atoms with E-state index in [0.29, 0.717) is 6.10 Å². The first kappa shape index (κ1) is 13.4. The van der Waals surface area contributed by atoms with Crippen molar-refractivity contribution >= 4 is 5.69 Å². The number of nitrogens with two attached hydrogens (primary N) is 1. The Morgan fingerprint density at radius 3 is 2.78 bits per heavy atom. The number of anilines is 1. The van der Waals surface area contributed by atoms with Crippen molar-refractivity contribution in [3.63, 3.8) is 0 Å². The van der Waals surface area contributed by atoms with Crippen LogP contribution in [-0.2, 0) is 11.2 Å². The predicted octanol–water partition coefficient (Wildman–Crippen LogP) is 2.19. The highest BCUT2D eigenvalue weighted by Crippen LogP contribution is 2.22. The minimum absolute atomic E-state index is 0.377. The third kappa shape index (κ3) is 3.47. The largest absolute Gasteiger partial charge is 0.376 e. The Bertz CT molecular complexity index is 350. The van der Waals surface area contributed by atoms with Gasteiger partial charge in [-0.3, -0.25) is 0 Å². The van der Waals surface area contributed by atoms with E-state index in [0.717, 1.165) is 45.5 Å². The van der Waals surface area contributed by atoms with Crippen LogP contribution in [0.2, 0.25) is 0 Å². The highest BCUT2D eigenvalue weighted by molar-refractivity contribution is 5.48. The van der Waals surface area contributed by atoms with Crippen molar-refractivity contribution in [3.05, 3.63) is 29.8 Å². The molecule has 1 atom stereocenters. The second-order valence-corrected chi connectivity index (χ2v) is 4.89. The maximum atomic E-state index is 5.82. The van der Waals surface area contributed by atoms with Crippen molar-refractivity contribution in [3.8, 4) is 0 Å². The molecular weight excluding hydrogens is 224 g/mol. The van der Waals surface area contributed by atoms with Crippen LogP contribution < -0.4 is 10.6 Å². The predicted molar refractivity (Wildman–Crippen MR) is 76.1 cm³/mol. The van der Waals surface area contributed by atoms with Gasteiger partial charge in [0.25, 0.3) is 0 Å². The lowest BCUT2D eigenvalue weighted by molar-refractivity contribution is 0.0676.